The molecule has 0 saturated carbocycles. The maximum Gasteiger partial charge on any atom is 0.119 e. The van der Waals surface area contributed by atoms with Crippen LogP contribution in [-0.2, 0) is 0 Å². The Morgan fingerprint density at radius 2 is 2.15 bits per heavy atom. The van der Waals surface area contributed by atoms with Gasteiger partial charge in [-0.1, -0.05) is 24.3 Å². The van der Waals surface area contributed by atoms with Gasteiger partial charge in [0.2, 0.25) is 0 Å². The van der Waals surface area contributed by atoms with Crippen LogP contribution in [0.2, 0.25) is 0 Å². The van der Waals surface area contributed by atoms with Crippen LogP contribution in [0.1, 0.15) is 24.3 Å². The van der Waals surface area contributed by atoms with Crippen LogP contribution < -0.4 is 15.3 Å². The van der Waals surface area contributed by atoms with Crippen molar-refractivity contribution in [3.8, 4) is 5.75 Å². The lowest BCUT2D eigenvalue weighted by Gasteiger charge is -2.51. The predicted octanol–water partition coefficient (Wildman–Crippen LogP) is 3.00. The average molecular weight is 442 g/mol. The number of H-pyrrole nitrogens is 1. The molecule has 5 unspecified atom stereocenters. The zero-order valence-corrected chi connectivity index (χ0v) is 19.1. The fourth-order valence-corrected chi connectivity index (χ4v) is 6.41. The monoisotopic (exact) mass is 441 g/mol. The van der Waals surface area contributed by atoms with Gasteiger partial charge in [-0.15, -0.1) is 6.58 Å². The second-order valence-electron chi connectivity index (χ2n) is 9.71. The molecule has 5 heteroatoms. The van der Waals surface area contributed by atoms with E-state index in [0.29, 0.717) is 18.4 Å². The highest BCUT2D eigenvalue weighted by molar-refractivity contribution is 5.86. The largest absolute Gasteiger partial charge is 0.497 e. The third-order valence-electron chi connectivity index (χ3n) is 8.17. The van der Waals surface area contributed by atoms with E-state index >= 15 is 0 Å². The number of rotatable bonds is 5. The number of fused-ring (bicyclic) bond motifs is 5. The Hall–Kier alpha value is -2.89. The van der Waals surface area contributed by atoms with Crippen molar-refractivity contribution >= 4 is 16.5 Å². The number of benzene rings is 2. The molecule has 0 amide bonds. The minimum Gasteiger partial charge on any atom is -0.497 e. The van der Waals surface area contributed by atoms with Crippen LogP contribution in [0.5, 0.6) is 5.75 Å². The van der Waals surface area contributed by atoms with E-state index in [2.05, 4.69) is 59.1 Å². The number of methoxy groups -OCH3 is 1. The summed E-state index contributed by atoms with van der Waals surface area (Å²) in [6.07, 6.45) is 5.86. The quantitative estimate of drug-likeness (QED) is 0.599. The Morgan fingerprint density at radius 1 is 1.27 bits per heavy atom. The number of hydrogen-bond acceptors (Lipinski definition) is 4. The van der Waals surface area contributed by atoms with Crippen LogP contribution in [0.3, 0.4) is 0 Å². The molecule has 6 atom stereocenters. The number of hydrogen-bond donors (Lipinski definition) is 2. The number of nitrogens with one attached hydrogen (secondary N) is 1. The summed E-state index contributed by atoms with van der Waals surface area (Å²) in [6.45, 7) is 6.75. The van der Waals surface area contributed by atoms with Gasteiger partial charge in [-0.05, 0) is 66.6 Å². The maximum atomic E-state index is 12.0. The molecule has 4 aliphatic rings. The highest BCUT2D eigenvalue weighted by atomic mass is 16.5. The van der Waals surface area contributed by atoms with Gasteiger partial charge in [0.15, 0.2) is 0 Å². The van der Waals surface area contributed by atoms with Crippen LogP contribution in [0.4, 0.5) is 0 Å². The number of aromatic amines is 1. The molecule has 1 aromatic heterocycles. The van der Waals surface area contributed by atoms with E-state index in [1.807, 2.05) is 12.1 Å². The lowest BCUT2D eigenvalue weighted by Crippen LogP contribution is -2.58. The van der Waals surface area contributed by atoms with Gasteiger partial charge in [0.25, 0.3) is 0 Å². The van der Waals surface area contributed by atoms with Gasteiger partial charge in [-0.25, -0.2) is 0 Å². The summed E-state index contributed by atoms with van der Waals surface area (Å²) in [6, 6.07) is 14.6. The number of aliphatic hydroxyl groups excluding tert-OH is 1. The van der Waals surface area contributed by atoms with Crippen LogP contribution in [0.25, 0.3) is 16.5 Å². The molecule has 0 radical (unpaired) electrons. The molecule has 2 N–H and O–H groups in total. The van der Waals surface area contributed by atoms with Crippen LogP contribution >= 0.6 is 0 Å². The number of para-hydroxylation sites is 1. The lowest BCUT2D eigenvalue weighted by molar-refractivity contribution is -0.0268. The topological polar surface area (TPSA) is 60.9 Å². The number of aromatic nitrogens is 1. The fraction of sp³-hybridized carbons (Fsp3) is 0.393. The van der Waals surface area contributed by atoms with E-state index in [1.54, 1.807) is 7.11 Å². The minimum atomic E-state index is -0.557. The first-order valence-electron chi connectivity index (χ1n) is 12.0. The van der Waals surface area contributed by atoms with E-state index < -0.39 is 6.10 Å². The first-order valence-corrected chi connectivity index (χ1v) is 12.0. The summed E-state index contributed by atoms with van der Waals surface area (Å²) in [4.78, 5) is 10.9. The normalized spacial score (nSPS) is 29.4. The zero-order valence-electron chi connectivity index (χ0n) is 19.1. The van der Waals surface area contributed by atoms with Crippen molar-refractivity contribution < 1.29 is 9.84 Å². The van der Waals surface area contributed by atoms with Crippen molar-refractivity contribution in [2.45, 2.75) is 30.9 Å². The van der Waals surface area contributed by atoms with E-state index in [9.17, 15) is 5.11 Å². The van der Waals surface area contributed by atoms with E-state index in [4.69, 9.17) is 9.73 Å². The van der Waals surface area contributed by atoms with Crippen molar-refractivity contribution in [1.29, 1.82) is 0 Å². The number of aliphatic hydroxyl groups is 1. The molecule has 3 saturated heterocycles. The summed E-state index contributed by atoms with van der Waals surface area (Å²) in [5, 5.41) is 15.2. The minimum absolute atomic E-state index is 0.0209. The van der Waals surface area contributed by atoms with Gasteiger partial charge in [-0.2, -0.15) is 0 Å². The third kappa shape index (κ3) is 3.33. The average Bonchev–Trinajstić information content (AvgIpc) is 3.31. The van der Waals surface area contributed by atoms with Gasteiger partial charge in [0.1, 0.15) is 5.75 Å². The smallest absolute Gasteiger partial charge is 0.119 e. The van der Waals surface area contributed by atoms with Crippen molar-refractivity contribution in [2.75, 3.05) is 26.7 Å². The number of piperidine rings is 3. The second-order valence-corrected chi connectivity index (χ2v) is 9.71. The molecule has 5 heterocycles. The summed E-state index contributed by atoms with van der Waals surface area (Å²) in [5.74, 6) is 1.96. The van der Waals surface area contributed by atoms with Gasteiger partial charge >= 0.3 is 0 Å². The molecule has 170 valence electrons. The summed E-state index contributed by atoms with van der Waals surface area (Å²) >= 11 is 0. The number of nitrogens with zero attached hydrogens (tertiary/aromatic N) is 2. The van der Waals surface area contributed by atoms with E-state index in [1.165, 1.54) is 17.4 Å². The molecule has 0 aliphatic carbocycles. The summed E-state index contributed by atoms with van der Waals surface area (Å²) in [7, 11) is 1.69. The highest BCUT2D eigenvalue weighted by Gasteiger charge is 2.44. The highest BCUT2D eigenvalue weighted by Crippen LogP contribution is 2.42. The van der Waals surface area contributed by atoms with Crippen molar-refractivity contribution in [2.24, 2.45) is 16.8 Å². The molecular weight excluding hydrogens is 410 g/mol. The molecule has 3 aromatic rings. The Kier molecular flexibility index (Phi) is 5.11. The SMILES string of the molecule is C=CC1CN2CCC1CC2[C@H](O)C1=c2cc(OC)ccc2=NCC1c1c[nH]c2ccccc12. The molecular formula is C28H31N3O2. The zero-order chi connectivity index (χ0) is 22.5. The Morgan fingerprint density at radius 3 is 2.94 bits per heavy atom. The van der Waals surface area contributed by atoms with Crippen molar-refractivity contribution in [3.63, 3.8) is 0 Å². The molecule has 4 aliphatic heterocycles. The molecule has 33 heavy (non-hydrogen) atoms. The molecule has 2 aromatic carbocycles. The first kappa shape index (κ1) is 20.7. The van der Waals surface area contributed by atoms with Gasteiger partial charge in [0, 0.05) is 40.8 Å². The van der Waals surface area contributed by atoms with Gasteiger partial charge < -0.3 is 14.8 Å². The third-order valence-corrected chi connectivity index (χ3v) is 8.17. The second kappa shape index (κ2) is 8.15. The summed E-state index contributed by atoms with van der Waals surface area (Å²) in [5.41, 5.74) is 3.40. The standard InChI is InChI=1S/C28H31N3O2/c1-3-17-16-31-11-10-18(17)12-26(31)28(32)27-21-13-19(33-2)8-9-25(21)30-15-23(27)22-14-29-24-7-5-4-6-20(22)24/h3-9,13-14,17-18,23,26,28-29,32H,1,10-12,15-16H2,2H3/t17?,18?,23?,26?,28-/m0/s1. The van der Waals surface area contributed by atoms with E-state index in [-0.39, 0.29) is 12.0 Å². The molecule has 0 spiro atoms. The maximum absolute atomic E-state index is 12.0. The Bertz CT molecular complexity index is 1330. The van der Waals surface area contributed by atoms with Gasteiger partial charge in [0.05, 0.1) is 25.1 Å². The lowest BCUT2D eigenvalue weighted by atomic mass is 9.72. The molecule has 7 rings (SSSR count). The van der Waals surface area contributed by atoms with E-state index in [0.717, 1.165) is 46.9 Å². The fourth-order valence-electron chi connectivity index (χ4n) is 6.41. The molecule has 5 nitrogen and oxygen atoms in total. The molecule has 3 fully saturated rings. The summed E-state index contributed by atoms with van der Waals surface area (Å²) < 4.78 is 5.56. The van der Waals surface area contributed by atoms with Crippen molar-refractivity contribution in [1.82, 2.24) is 9.88 Å². The molecule has 2 bridgehead atoms. The van der Waals surface area contributed by atoms with Gasteiger partial charge in [-0.3, -0.25) is 9.89 Å². The number of ether oxygens (including phenoxy) is 1. The Labute approximate surface area is 194 Å². The Balaban J connectivity index is 1.50. The van der Waals surface area contributed by atoms with Crippen molar-refractivity contribution in [3.05, 3.63) is 77.5 Å². The van der Waals surface area contributed by atoms with Crippen LogP contribution in [-0.4, -0.2) is 53.9 Å². The predicted molar refractivity (Wildman–Crippen MR) is 131 cm³/mol. The first-order chi connectivity index (χ1) is 16.2. The van der Waals surface area contributed by atoms with Crippen LogP contribution in [0.15, 0.2) is 66.3 Å². The van der Waals surface area contributed by atoms with Crippen LogP contribution in [0, 0.1) is 11.8 Å².